The number of quaternary nitrogens is 1. The van der Waals surface area contributed by atoms with E-state index in [1.807, 2.05) is 0 Å². The van der Waals surface area contributed by atoms with Gasteiger partial charge in [-0.15, -0.1) is 0 Å². The highest BCUT2D eigenvalue weighted by atomic mass is 35.5. The molecule has 3 heteroatoms. The van der Waals surface area contributed by atoms with Crippen molar-refractivity contribution in [2.75, 3.05) is 20.6 Å². The van der Waals surface area contributed by atoms with Crippen LogP contribution in [0, 0.1) is 0 Å². The van der Waals surface area contributed by atoms with E-state index in [4.69, 9.17) is 0 Å². The third-order valence-electron chi connectivity index (χ3n) is 5.99. The Morgan fingerprint density at radius 1 is 0.536 bits per heavy atom. The molecule has 0 radical (unpaired) electrons. The number of amides is 1. The van der Waals surface area contributed by atoms with Gasteiger partial charge in [0.1, 0.15) is 0 Å². The zero-order valence-corrected chi connectivity index (χ0v) is 20.6. The molecule has 170 valence electrons. The van der Waals surface area contributed by atoms with E-state index in [9.17, 15) is 4.79 Å². The summed E-state index contributed by atoms with van der Waals surface area (Å²) < 4.78 is 0.582. The standard InChI is InChI=1S/C25H52NO.ClH/c1-5-7-9-10-11-12-13-14-15-16-17-18-19-20-21-23-25(27)26(3,4)24-22-8-6-2;/h5-24H2,1-4H3;1H/q+1;/p-1. The van der Waals surface area contributed by atoms with E-state index in [2.05, 4.69) is 27.9 Å². The summed E-state index contributed by atoms with van der Waals surface area (Å²) in [6.45, 7) is 5.51. The Bertz CT molecular complexity index is 331. The number of carbonyl (C=O) groups is 1. The average Bonchev–Trinajstić information content (AvgIpc) is 2.64. The minimum Gasteiger partial charge on any atom is -1.00 e. The molecule has 0 aromatic rings. The summed E-state index contributed by atoms with van der Waals surface area (Å²) in [5.41, 5.74) is 0. The number of hydrogen-bond donors (Lipinski definition) is 0. The monoisotopic (exact) mass is 417 g/mol. The van der Waals surface area contributed by atoms with Gasteiger partial charge in [-0.2, -0.15) is 0 Å². The summed E-state index contributed by atoms with van der Waals surface area (Å²) in [5, 5.41) is 0. The molecule has 0 bridgehead atoms. The molecule has 28 heavy (non-hydrogen) atoms. The maximum atomic E-state index is 12.4. The van der Waals surface area contributed by atoms with Crippen molar-refractivity contribution in [3.8, 4) is 0 Å². The predicted octanol–water partition coefficient (Wildman–Crippen LogP) is 5.05. The Morgan fingerprint density at radius 2 is 0.857 bits per heavy atom. The molecular formula is C25H52ClNO. The van der Waals surface area contributed by atoms with Gasteiger partial charge in [-0.1, -0.05) is 110 Å². The molecule has 0 N–H and O–H groups in total. The van der Waals surface area contributed by atoms with Crippen LogP contribution in [0.25, 0.3) is 0 Å². The molecule has 0 atom stereocenters. The molecule has 0 aliphatic rings. The molecule has 0 saturated carbocycles. The van der Waals surface area contributed by atoms with Gasteiger partial charge in [-0.25, -0.2) is 4.79 Å². The molecule has 0 rings (SSSR count). The summed E-state index contributed by atoms with van der Waals surface area (Å²) in [6, 6.07) is 0. The molecule has 0 unspecified atom stereocenters. The lowest BCUT2D eigenvalue weighted by atomic mass is 10.0. The maximum absolute atomic E-state index is 12.4. The number of halogens is 1. The van der Waals surface area contributed by atoms with Crippen LogP contribution in [0.3, 0.4) is 0 Å². The molecule has 2 nitrogen and oxygen atoms in total. The highest BCUT2D eigenvalue weighted by molar-refractivity contribution is 5.68. The average molecular weight is 418 g/mol. The zero-order chi connectivity index (χ0) is 20.2. The van der Waals surface area contributed by atoms with E-state index < -0.39 is 0 Å². The molecule has 0 aliphatic carbocycles. The molecule has 0 saturated heterocycles. The first-order chi connectivity index (χ1) is 13.0. The van der Waals surface area contributed by atoms with Crippen molar-refractivity contribution in [3.05, 3.63) is 0 Å². The number of carbonyl (C=O) groups excluding carboxylic acids is 1. The van der Waals surface area contributed by atoms with Crippen molar-refractivity contribution in [1.82, 2.24) is 0 Å². The fraction of sp³-hybridized carbons (Fsp3) is 0.960. The second-order valence-corrected chi connectivity index (χ2v) is 9.21. The fourth-order valence-corrected chi connectivity index (χ4v) is 3.83. The van der Waals surface area contributed by atoms with Crippen molar-refractivity contribution in [3.63, 3.8) is 0 Å². The first-order valence-electron chi connectivity index (χ1n) is 12.4. The number of hydrogen-bond acceptors (Lipinski definition) is 1. The maximum Gasteiger partial charge on any atom is 0.313 e. The van der Waals surface area contributed by atoms with Gasteiger partial charge in [0.2, 0.25) is 0 Å². The minimum absolute atomic E-state index is 0. The molecule has 0 fully saturated rings. The first-order valence-corrected chi connectivity index (χ1v) is 12.4. The fourth-order valence-electron chi connectivity index (χ4n) is 3.83. The smallest absolute Gasteiger partial charge is 0.313 e. The Morgan fingerprint density at radius 3 is 1.25 bits per heavy atom. The Kier molecular flexibility index (Phi) is 23.3. The summed E-state index contributed by atoms with van der Waals surface area (Å²) >= 11 is 0. The van der Waals surface area contributed by atoms with E-state index in [1.54, 1.807) is 0 Å². The van der Waals surface area contributed by atoms with E-state index >= 15 is 0 Å². The lowest BCUT2D eigenvalue weighted by molar-refractivity contribution is -0.814. The van der Waals surface area contributed by atoms with Gasteiger partial charge in [0.25, 0.3) is 0 Å². The highest BCUT2D eigenvalue weighted by Crippen LogP contribution is 2.15. The predicted molar refractivity (Wildman–Crippen MR) is 121 cm³/mol. The van der Waals surface area contributed by atoms with Crippen LogP contribution in [-0.4, -0.2) is 31.0 Å². The van der Waals surface area contributed by atoms with Gasteiger partial charge in [-0.05, 0) is 19.3 Å². The summed E-state index contributed by atoms with van der Waals surface area (Å²) in [4.78, 5) is 12.4. The molecular weight excluding hydrogens is 366 g/mol. The van der Waals surface area contributed by atoms with E-state index in [1.165, 1.54) is 109 Å². The Labute approximate surface area is 184 Å². The number of nitrogens with zero attached hydrogens (tertiary/aromatic N) is 1. The normalized spacial score (nSPS) is 11.4. The van der Waals surface area contributed by atoms with E-state index in [0.717, 1.165) is 19.4 Å². The summed E-state index contributed by atoms with van der Waals surface area (Å²) in [6.07, 6.45) is 25.1. The quantitative estimate of drug-likeness (QED) is 0.200. The van der Waals surface area contributed by atoms with Crippen molar-refractivity contribution in [2.45, 2.75) is 136 Å². The molecule has 0 heterocycles. The van der Waals surface area contributed by atoms with Gasteiger partial charge in [0.05, 0.1) is 27.1 Å². The third-order valence-corrected chi connectivity index (χ3v) is 5.99. The van der Waals surface area contributed by atoms with Gasteiger partial charge in [0, 0.05) is 0 Å². The van der Waals surface area contributed by atoms with Crippen LogP contribution >= 0.6 is 0 Å². The molecule has 0 spiro atoms. The lowest BCUT2D eigenvalue weighted by Gasteiger charge is -2.26. The van der Waals surface area contributed by atoms with Crippen LogP contribution in [0.15, 0.2) is 0 Å². The van der Waals surface area contributed by atoms with Crippen LogP contribution in [-0.2, 0) is 4.79 Å². The van der Waals surface area contributed by atoms with Gasteiger partial charge < -0.3 is 12.4 Å². The third kappa shape index (κ3) is 19.2. The van der Waals surface area contributed by atoms with Gasteiger partial charge in [-0.3, -0.25) is 4.48 Å². The molecule has 0 aromatic heterocycles. The lowest BCUT2D eigenvalue weighted by Crippen LogP contribution is -3.00. The molecule has 0 aromatic carbocycles. The highest BCUT2D eigenvalue weighted by Gasteiger charge is 2.24. The van der Waals surface area contributed by atoms with Gasteiger partial charge in [0.15, 0.2) is 0 Å². The van der Waals surface area contributed by atoms with Crippen LogP contribution in [0.5, 0.6) is 0 Å². The topological polar surface area (TPSA) is 17.1 Å². The van der Waals surface area contributed by atoms with E-state index in [0.29, 0.717) is 10.4 Å². The van der Waals surface area contributed by atoms with Crippen LogP contribution in [0.4, 0.5) is 0 Å². The van der Waals surface area contributed by atoms with Crippen LogP contribution in [0.2, 0.25) is 0 Å². The minimum atomic E-state index is 0. The zero-order valence-electron chi connectivity index (χ0n) is 19.9. The Hall–Kier alpha value is -0.0800. The van der Waals surface area contributed by atoms with Crippen molar-refractivity contribution >= 4 is 5.91 Å². The van der Waals surface area contributed by atoms with Crippen molar-refractivity contribution in [1.29, 1.82) is 0 Å². The molecule has 0 aliphatic heterocycles. The molecule has 1 amide bonds. The second kappa shape index (κ2) is 21.6. The van der Waals surface area contributed by atoms with Crippen LogP contribution in [0.1, 0.15) is 136 Å². The van der Waals surface area contributed by atoms with Crippen molar-refractivity contribution < 1.29 is 21.7 Å². The van der Waals surface area contributed by atoms with Gasteiger partial charge >= 0.3 is 5.91 Å². The SMILES string of the molecule is CCCCCCCCCCCCCCCCCC(=O)[N+](C)(C)CCCCC.[Cl-]. The van der Waals surface area contributed by atoms with Crippen LogP contribution < -0.4 is 12.4 Å². The second-order valence-electron chi connectivity index (χ2n) is 9.21. The number of rotatable bonds is 20. The van der Waals surface area contributed by atoms with Crippen molar-refractivity contribution in [2.24, 2.45) is 0 Å². The Balaban J connectivity index is 0. The first kappa shape index (κ1) is 30.1. The number of unbranched alkanes of at least 4 members (excludes halogenated alkanes) is 16. The summed E-state index contributed by atoms with van der Waals surface area (Å²) in [7, 11) is 4.17. The van der Waals surface area contributed by atoms with E-state index in [-0.39, 0.29) is 12.4 Å². The largest absolute Gasteiger partial charge is 1.00 e. The summed E-state index contributed by atoms with van der Waals surface area (Å²) in [5.74, 6) is 0.431.